The summed E-state index contributed by atoms with van der Waals surface area (Å²) in [6.45, 7) is 1.85. The molecule has 0 aliphatic carbocycles. The lowest BCUT2D eigenvalue weighted by Crippen LogP contribution is -2.07. The third kappa shape index (κ3) is 11.3. The second-order valence-electron chi connectivity index (χ2n) is 3.52. The minimum Gasteiger partial charge on any atom is -0.466 e. The number of carbonyl (C=O) groups is 1. The van der Waals surface area contributed by atoms with Crippen LogP contribution in [-0.2, 0) is 14.3 Å². The number of carbonyl (C=O) groups excluding carboxylic acids is 1. The molecule has 0 fully saturated rings. The van der Waals surface area contributed by atoms with E-state index in [1.165, 1.54) is 0 Å². The SMILES string of the molecule is COCCCOC(=O)CCCCCCN. The molecule has 0 heterocycles. The van der Waals surface area contributed by atoms with E-state index in [9.17, 15) is 4.79 Å². The molecule has 0 spiro atoms. The number of esters is 1. The summed E-state index contributed by atoms with van der Waals surface area (Å²) in [7, 11) is 1.64. The Kier molecular flexibility index (Phi) is 11.0. The second kappa shape index (κ2) is 11.5. The van der Waals surface area contributed by atoms with Crippen LogP contribution in [0.5, 0.6) is 0 Å². The van der Waals surface area contributed by atoms with Crippen LogP contribution in [-0.4, -0.2) is 32.8 Å². The van der Waals surface area contributed by atoms with Crippen LogP contribution in [0, 0.1) is 0 Å². The van der Waals surface area contributed by atoms with Crippen LogP contribution in [0.25, 0.3) is 0 Å². The molecule has 15 heavy (non-hydrogen) atoms. The zero-order valence-electron chi connectivity index (χ0n) is 9.67. The molecule has 4 heteroatoms. The predicted octanol–water partition coefficient (Wildman–Crippen LogP) is 1.48. The molecule has 0 unspecified atom stereocenters. The summed E-state index contributed by atoms with van der Waals surface area (Å²) in [5, 5.41) is 0. The van der Waals surface area contributed by atoms with E-state index >= 15 is 0 Å². The van der Waals surface area contributed by atoms with E-state index in [4.69, 9.17) is 15.2 Å². The van der Waals surface area contributed by atoms with Crippen molar-refractivity contribution < 1.29 is 14.3 Å². The molecule has 0 aromatic rings. The minimum absolute atomic E-state index is 0.0983. The number of ether oxygens (including phenoxy) is 2. The monoisotopic (exact) mass is 217 g/mol. The van der Waals surface area contributed by atoms with Crippen LogP contribution in [0.15, 0.2) is 0 Å². The van der Waals surface area contributed by atoms with Crippen molar-refractivity contribution in [2.45, 2.75) is 38.5 Å². The summed E-state index contributed by atoms with van der Waals surface area (Å²) in [4.78, 5) is 11.2. The van der Waals surface area contributed by atoms with Crippen LogP contribution < -0.4 is 5.73 Å². The van der Waals surface area contributed by atoms with Crippen LogP contribution >= 0.6 is 0 Å². The molecule has 0 rings (SSSR count). The predicted molar refractivity (Wildman–Crippen MR) is 59.6 cm³/mol. The van der Waals surface area contributed by atoms with Gasteiger partial charge in [-0.05, 0) is 19.4 Å². The van der Waals surface area contributed by atoms with E-state index in [1.807, 2.05) is 0 Å². The van der Waals surface area contributed by atoms with Crippen molar-refractivity contribution in [2.24, 2.45) is 5.73 Å². The Hall–Kier alpha value is -0.610. The zero-order valence-corrected chi connectivity index (χ0v) is 9.67. The quantitative estimate of drug-likeness (QED) is 0.444. The molecule has 0 aromatic heterocycles. The number of hydrogen-bond acceptors (Lipinski definition) is 4. The number of nitrogens with two attached hydrogens (primary N) is 1. The van der Waals surface area contributed by atoms with E-state index in [1.54, 1.807) is 7.11 Å². The van der Waals surface area contributed by atoms with E-state index in [0.29, 0.717) is 19.6 Å². The molecule has 0 saturated heterocycles. The van der Waals surface area contributed by atoms with Gasteiger partial charge in [-0.1, -0.05) is 12.8 Å². The summed E-state index contributed by atoms with van der Waals surface area (Å²) in [6, 6.07) is 0. The Morgan fingerprint density at radius 3 is 2.47 bits per heavy atom. The number of rotatable bonds is 10. The first-order chi connectivity index (χ1) is 7.31. The average molecular weight is 217 g/mol. The lowest BCUT2D eigenvalue weighted by Gasteiger charge is -2.04. The van der Waals surface area contributed by atoms with Crippen LogP contribution in [0.4, 0.5) is 0 Å². The molecule has 0 aromatic carbocycles. The smallest absolute Gasteiger partial charge is 0.305 e. The lowest BCUT2D eigenvalue weighted by atomic mass is 10.1. The van der Waals surface area contributed by atoms with Gasteiger partial charge >= 0.3 is 5.97 Å². The molecule has 4 nitrogen and oxygen atoms in total. The molecule has 0 aliphatic rings. The highest BCUT2D eigenvalue weighted by atomic mass is 16.5. The first-order valence-electron chi connectivity index (χ1n) is 5.66. The Morgan fingerprint density at radius 2 is 1.80 bits per heavy atom. The fraction of sp³-hybridized carbons (Fsp3) is 0.909. The normalized spacial score (nSPS) is 10.3. The molecule has 0 radical (unpaired) electrons. The van der Waals surface area contributed by atoms with Gasteiger partial charge in [-0.3, -0.25) is 4.79 Å². The summed E-state index contributed by atoms with van der Waals surface area (Å²) >= 11 is 0. The summed E-state index contributed by atoms with van der Waals surface area (Å²) in [5.74, 6) is -0.0983. The van der Waals surface area contributed by atoms with Gasteiger partial charge in [0.15, 0.2) is 0 Å². The molecule has 2 N–H and O–H groups in total. The van der Waals surface area contributed by atoms with Gasteiger partial charge < -0.3 is 15.2 Å². The van der Waals surface area contributed by atoms with Crippen molar-refractivity contribution in [3.8, 4) is 0 Å². The van der Waals surface area contributed by atoms with Gasteiger partial charge in [-0.15, -0.1) is 0 Å². The molecule has 0 bridgehead atoms. The maximum atomic E-state index is 11.2. The molecular weight excluding hydrogens is 194 g/mol. The van der Waals surface area contributed by atoms with Crippen LogP contribution in [0.3, 0.4) is 0 Å². The highest BCUT2D eigenvalue weighted by Crippen LogP contribution is 2.03. The van der Waals surface area contributed by atoms with E-state index in [-0.39, 0.29) is 5.97 Å². The summed E-state index contributed by atoms with van der Waals surface area (Å²) in [5.41, 5.74) is 5.36. The van der Waals surface area contributed by atoms with Crippen molar-refractivity contribution in [1.82, 2.24) is 0 Å². The van der Waals surface area contributed by atoms with Crippen molar-refractivity contribution >= 4 is 5.97 Å². The maximum Gasteiger partial charge on any atom is 0.305 e. The summed E-state index contributed by atoms with van der Waals surface area (Å²) < 4.78 is 9.85. The Labute approximate surface area is 92.1 Å². The third-order valence-electron chi connectivity index (χ3n) is 2.09. The van der Waals surface area contributed by atoms with Crippen LogP contribution in [0.2, 0.25) is 0 Å². The van der Waals surface area contributed by atoms with E-state index < -0.39 is 0 Å². The molecule has 0 saturated carbocycles. The van der Waals surface area contributed by atoms with Gasteiger partial charge in [0.1, 0.15) is 0 Å². The van der Waals surface area contributed by atoms with Crippen molar-refractivity contribution in [2.75, 3.05) is 26.9 Å². The fourth-order valence-corrected chi connectivity index (χ4v) is 1.23. The third-order valence-corrected chi connectivity index (χ3v) is 2.09. The topological polar surface area (TPSA) is 61.5 Å². The molecule has 90 valence electrons. The van der Waals surface area contributed by atoms with Gasteiger partial charge in [0.25, 0.3) is 0 Å². The Morgan fingerprint density at radius 1 is 1.07 bits per heavy atom. The van der Waals surface area contributed by atoms with E-state index in [2.05, 4.69) is 0 Å². The molecule has 0 aliphatic heterocycles. The standard InChI is InChI=1S/C11H23NO3/c1-14-9-6-10-15-11(13)7-4-2-3-5-8-12/h2-10,12H2,1H3. The zero-order chi connectivity index (χ0) is 11.4. The maximum absolute atomic E-state index is 11.2. The van der Waals surface area contributed by atoms with Gasteiger partial charge in [0.2, 0.25) is 0 Å². The number of hydrogen-bond donors (Lipinski definition) is 1. The fourth-order valence-electron chi connectivity index (χ4n) is 1.23. The van der Waals surface area contributed by atoms with Gasteiger partial charge in [-0.25, -0.2) is 0 Å². The summed E-state index contributed by atoms with van der Waals surface area (Å²) in [6.07, 6.45) is 5.41. The van der Waals surface area contributed by atoms with Gasteiger partial charge in [-0.2, -0.15) is 0 Å². The Bertz CT molecular complexity index is 151. The van der Waals surface area contributed by atoms with Crippen LogP contribution in [0.1, 0.15) is 38.5 Å². The van der Waals surface area contributed by atoms with E-state index in [0.717, 1.165) is 38.6 Å². The number of unbranched alkanes of at least 4 members (excludes halogenated alkanes) is 3. The molecule has 0 amide bonds. The first-order valence-corrected chi connectivity index (χ1v) is 5.66. The Balaban J connectivity index is 3.11. The lowest BCUT2D eigenvalue weighted by molar-refractivity contribution is -0.144. The first kappa shape index (κ1) is 14.4. The number of methoxy groups -OCH3 is 1. The van der Waals surface area contributed by atoms with Gasteiger partial charge in [0, 0.05) is 26.6 Å². The highest BCUT2D eigenvalue weighted by Gasteiger charge is 2.01. The molecular formula is C11H23NO3. The van der Waals surface area contributed by atoms with Crippen molar-refractivity contribution in [3.63, 3.8) is 0 Å². The van der Waals surface area contributed by atoms with Crippen molar-refractivity contribution in [3.05, 3.63) is 0 Å². The van der Waals surface area contributed by atoms with Gasteiger partial charge in [0.05, 0.1) is 6.61 Å². The second-order valence-corrected chi connectivity index (χ2v) is 3.52. The van der Waals surface area contributed by atoms with Crippen molar-refractivity contribution in [1.29, 1.82) is 0 Å². The largest absolute Gasteiger partial charge is 0.466 e. The molecule has 0 atom stereocenters. The minimum atomic E-state index is -0.0983. The average Bonchev–Trinajstić information content (AvgIpc) is 2.24. The highest BCUT2D eigenvalue weighted by molar-refractivity contribution is 5.69.